The molecule has 0 aromatic carbocycles. The quantitative estimate of drug-likeness (QED) is 0.624. The SMILES string of the molecule is CCOC(=O)C12CC(N)(C1)C(C)O2. The molecule has 1 atom stereocenters. The van der Waals surface area contributed by atoms with Gasteiger partial charge in [-0.15, -0.1) is 0 Å². The minimum absolute atomic E-state index is 0.0306. The normalized spacial score (nSPS) is 47.2. The second-order valence-electron chi connectivity index (χ2n) is 4.06. The van der Waals surface area contributed by atoms with E-state index in [-0.39, 0.29) is 17.6 Å². The third-order valence-corrected chi connectivity index (χ3v) is 3.09. The first-order valence-corrected chi connectivity index (χ1v) is 4.66. The molecule has 2 saturated heterocycles. The van der Waals surface area contributed by atoms with Gasteiger partial charge in [0, 0.05) is 18.4 Å². The summed E-state index contributed by atoms with van der Waals surface area (Å²) in [6.45, 7) is 4.10. The molecular formula is C9H15NO3. The Kier molecular flexibility index (Phi) is 1.69. The smallest absolute Gasteiger partial charge is 0.338 e. The van der Waals surface area contributed by atoms with Crippen LogP contribution in [0.5, 0.6) is 0 Å². The van der Waals surface area contributed by atoms with Gasteiger partial charge in [0.2, 0.25) is 0 Å². The maximum Gasteiger partial charge on any atom is 0.338 e. The van der Waals surface area contributed by atoms with Crippen LogP contribution >= 0.6 is 0 Å². The minimum atomic E-state index is -0.704. The van der Waals surface area contributed by atoms with Crippen molar-refractivity contribution in [2.75, 3.05) is 6.61 Å². The Balaban J connectivity index is 2.08. The van der Waals surface area contributed by atoms with Crippen LogP contribution in [0.4, 0.5) is 0 Å². The van der Waals surface area contributed by atoms with Gasteiger partial charge < -0.3 is 15.2 Å². The van der Waals surface area contributed by atoms with Crippen LogP contribution in [0.3, 0.4) is 0 Å². The molecule has 1 aliphatic carbocycles. The molecular weight excluding hydrogens is 170 g/mol. The lowest BCUT2D eigenvalue weighted by Gasteiger charge is -2.40. The fourth-order valence-corrected chi connectivity index (χ4v) is 2.29. The molecule has 0 spiro atoms. The summed E-state index contributed by atoms with van der Waals surface area (Å²) in [7, 11) is 0. The Bertz CT molecular complexity index is 240. The first kappa shape index (κ1) is 8.97. The Morgan fingerprint density at radius 1 is 1.69 bits per heavy atom. The van der Waals surface area contributed by atoms with E-state index in [0.717, 1.165) is 0 Å². The van der Waals surface area contributed by atoms with E-state index in [0.29, 0.717) is 19.4 Å². The Hall–Kier alpha value is -0.610. The zero-order valence-electron chi connectivity index (χ0n) is 8.00. The van der Waals surface area contributed by atoms with Gasteiger partial charge in [-0.2, -0.15) is 0 Å². The molecule has 0 aromatic heterocycles. The maximum absolute atomic E-state index is 11.5. The van der Waals surface area contributed by atoms with Gasteiger partial charge >= 0.3 is 5.97 Å². The zero-order chi connectivity index (χ0) is 9.69. The summed E-state index contributed by atoms with van der Waals surface area (Å²) in [6.07, 6.45) is 1.19. The van der Waals surface area contributed by atoms with Crippen molar-refractivity contribution in [2.24, 2.45) is 5.73 Å². The molecule has 0 radical (unpaired) electrons. The Morgan fingerprint density at radius 3 is 2.69 bits per heavy atom. The highest BCUT2D eigenvalue weighted by Crippen LogP contribution is 2.54. The summed E-state index contributed by atoms with van der Waals surface area (Å²) in [4.78, 5) is 11.5. The van der Waals surface area contributed by atoms with E-state index in [2.05, 4.69) is 0 Å². The highest BCUT2D eigenvalue weighted by Gasteiger charge is 2.69. The summed E-state index contributed by atoms with van der Waals surface area (Å²) >= 11 is 0. The van der Waals surface area contributed by atoms with E-state index in [1.54, 1.807) is 6.92 Å². The molecule has 2 aliphatic heterocycles. The molecule has 4 heteroatoms. The summed E-state index contributed by atoms with van der Waals surface area (Å²) in [5, 5.41) is 0. The van der Waals surface area contributed by atoms with Gasteiger partial charge in [0.05, 0.1) is 12.7 Å². The van der Waals surface area contributed by atoms with Crippen molar-refractivity contribution >= 4 is 5.97 Å². The molecule has 2 bridgehead atoms. The molecule has 74 valence electrons. The number of carbonyl (C=O) groups is 1. The average molecular weight is 185 g/mol. The minimum Gasteiger partial charge on any atom is -0.464 e. The molecule has 3 aliphatic rings. The molecule has 3 rings (SSSR count). The van der Waals surface area contributed by atoms with E-state index >= 15 is 0 Å². The molecule has 3 fully saturated rings. The number of hydrogen-bond donors (Lipinski definition) is 1. The van der Waals surface area contributed by atoms with Crippen LogP contribution in [0.25, 0.3) is 0 Å². The molecule has 1 unspecified atom stereocenters. The van der Waals surface area contributed by atoms with Crippen LogP contribution in [0.1, 0.15) is 26.7 Å². The Morgan fingerprint density at radius 2 is 2.31 bits per heavy atom. The lowest BCUT2D eigenvalue weighted by Crippen LogP contribution is -2.60. The number of nitrogens with two attached hydrogens (primary N) is 1. The third kappa shape index (κ3) is 1.02. The second-order valence-corrected chi connectivity index (χ2v) is 4.06. The van der Waals surface area contributed by atoms with Crippen molar-refractivity contribution in [1.29, 1.82) is 0 Å². The largest absolute Gasteiger partial charge is 0.464 e. The molecule has 0 amide bonds. The number of hydrogen-bond acceptors (Lipinski definition) is 4. The number of esters is 1. The van der Waals surface area contributed by atoms with Crippen molar-refractivity contribution in [2.45, 2.75) is 43.9 Å². The topological polar surface area (TPSA) is 61.5 Å². The van der Waals surface area contributed by atoms with Crippen molar-refractivity contribution in [3.05, 3.63) is 0 Å². The monoisotopic (exact) mass is 185 g/mol. The summed E-state index contributed by atoms with van der Waals surface area (Å²) in [6, 6.07) is 0. The van der Waals surface area contributed by atoms with Crippen LogP contribution in [0, 0.1) is 0 Å². The van der Waals surface area contributed by atoms with Crippen molar-refractivity contribution in [3.63, 3.8) is 0 Å². The van der Waals surface area contributed by atoms with Gasteiger partial charge in [0.15, 0.2) is 5.60 Å². The number of rotatable bonds is 2. The highest BCUT2D eigenvalue weighted by atomic mass is 16.6. The fraction of sp³-hybridized carbons (Fsp3) is 0.889. The van der Waals surface area contributed by atoms with Crippen LogP contribution in [-0.2, 0) is 14.3 Å². The van der Waals surface area contributed by atoms with Gasteiger partial charge in [0.1, 0.15) is 0 Å². The van der Waals surface area contributed by atoms with Gasteiger partial charge in [-0.25, -0.2) is 4.79 Å². The van der Waals surface area contributed by atoms with Crippen LogP contribution in [-0.4, -0.2) is 29.8 Å². The van der Waals surface area contributed by atoms with Gasteiger partial charge in [-0.1, -0.05) is 0 Å². The van der Waals surface area contributed by atoms with Crippen molar-refractivity contribution < 1.29 is 14.3 Å². The third-order valence-electron chi connectivity index (χ3n) is 3.09. The van der Waals surface area contributed by atoms with E-state index in [4.69, 9.17) is 15.2 Å². The second kappa shape index (κ2) is 2.45. The van der Waals surface area contributed by atoms with Gasteiger partial charge in [-0.05, 0) is 13.8 Å². The van der Waals surface area contributed by atoms with E-state index in [1.807, 2.05) is 6.92 Å². The number of carbonyl (C=O) groups excluding carboxylic acids is 1. The van der Waals surface area contributed by atoms with Crippen LogP contribution < -0.4 is 5.73 Å². The zero-order valence-corrected chi connectivity index (χ0v) is 8.00. The van der Waals surface area contributed by atoms with Crippen molar-refractivity contribution in [3.8, 4) is 0 Å². The standard InChI is InChI=1S/C9H15NO3/c1-3-12-7(11)9-4-8(10,5-9)6(2)13-9/h6H,3-5,10H2,1-2H3. The molecule has 4 nitrogen and oxygen atoms in total. The maximum atomic E-state index is 11.5. The summed E-state index contributed by atoms with van der Waals surface area (Å²) in [5.41, 5.74) is 4.98. The van der Waals surface area contributed by atoms with E-state index in [1.165, 1.54) is 0 Å². The lowest BCUT2D eigenvalue weighted by atomic mass is 9.67. The first-order chi connectivity index (χ1) is 6.02. The first-order valence-electron chi connectivity index (χ1n) is 4.66. The predicted molar refractivity (Wildman–Crippen MR) is 46.1 cm³/mol. The molecule has 1 saturated carbocycles. The number of ether oxygens (including phenoxy) is 2. The summed E-state index contributed by atoms with van der Waals surface area (Å²) in [5.74, 6) is -0.250. The van der Waals surface area contributed by atoms with E-state index < -0.39 is 5.60 Å². The molecule has 2 N–H and O–H groups in total. The predicted octanol–water partition coefficient (Wildman–Crippen LogP) is 0.198. The highest BCUT2D eigenvalue weighted by molar-refractivity contribution is 5.82. The number of fused-ring (bicyclic) bond motifs is 1. The summed E-state index contributed by atoms with van der Waals surface area (Å²) < 4.78 is 10.5. The van der Waals surface area contributed by atoms with Crippen LogP contribution in [0.15, 0.2) is 0 Å². The van der Waals surface area contributed by atoms with Gasteiger partial charge in [-0.3, -0.25) is 0 Å². The van der Waals surface area contributed by atoms with Crippen molar-refractivity contribution in [1.82, 2.24) is 0 Å². The van der Waals surface area contributed by atoms with Crippen LogP contribution in [0.2, 0.25) is 0 Å². The van der Waals surface area contributed by atoms with E-state index in [9.17, 15) is 4.79 Å². The Labute approximate surface area is 77.4 Å². The lowest BCUT2D eigenvalue weighted by molar-refractivity contribution is -0.170. The molecule has 13 heavy (non-hydrogen) atoms. The molecule has 2 heterocycles. The average Bonchev–Trinajstić information content (AvgIpc) is 2.37. The molecule has 0 aromatic rings. The fourth-order valence-electron chi connectivity index (χ4n) is 2.29. The van der Waals surface area contributed by atoms with Gasteiger partial charge in [0.25, 0.3) is 0 Å².